The Kier molecular flexibility index (Phi) is 3.76. The minimum atomic E-state index is -0.615. The molecule has 1 aromatic carbocycles. The summed E-state index contributed by atoms with van der Waals surface area (Å²) in [7, 11) is 0. The summed E-state index contributed by atoms with van der Waals surface area (Å²) in [4.78, 5) is 20.9. The van der Waals surface area contributed by atoms with Crippen molar-refractivity contribution in [2.24, 2.45) is 10.2 Å². The van der Waals surface area contributed by atoms with Crippen LogP contribution in [0.4, 0.5) is 5.69 Å². The van der Waals surface area contributed by atoms with Crippen molar-refractivity contribution < 1.29 is 14.8 Å². The zero-order valence-corrected chi connectivity index (χ0v) is 10.3. The van der Waals surface area contributed by atoms with Gasteiger partial charge in [0, 0.05) is 11.6 Å². The second kappa shape index (κ2) is 5.48. The molecule has 1 aliphatic rings. The first kappa shape index (κ1) is 13.0. The van der Waals surface area contributed by atoms with E-state index in [1.807, 2.05) is 0 Å². The molecule has 8 nitrogen and oxygen atoms in total. The number of thioether (sulfide) groups is 1. The predicted molar refractivity (Wildman–Crippen MR) is 70.4 cm³/mol. The third-order valence-corrected chi connectivity index (χ3v) is 2.94. The van der Waals surface area contributed by atoms with Crippen molar-refractivity contribution in [3.05, 3.63) is 33.9 Å². The van der Waals surface area contributed by atoms with Crippen molar-refractivity contribution in [1.29, 1.82) is 0 Å². The van der Waals surface area contributed by atoms with Gasteiger partial charge in [0.1, 0.15) is 5.75 Å². The molecule has 9 heteroatoms. The fourth-order valence-corrected chi connectivity index (χ4v) is 1.96. The Bertz CT molecular complexity index is 599. The van der Waals surface area contributed by atoms with Crippen LogP contribution < -0.4 is 5.32 Å². The van der Waals surface area contributed by atoms with Gasteiger partial charge in [-0.2, -0.15) is 5.10 Å². The SMILES string of the molecule is O=C1CSC(=NN=Cc2cc(O)cc([N+](=O)[O-])c2)N1. The quantitative estimate of drug-likeness (QED) is 0.483. The van der Waals surface area contributed by atoms with Gasteiger partial charge in [-0.05, 0) is 6.07 Å². The molecule has 0 saturated carbocycles. The van der Waals surface area contributed by atoms with Crippen molar-refractivity contribution >= 4 is 34.7 Å². The van der Waals surface area contributed by atoms with Crippen LogP contribution in [-0.2, 0) is 4.79 Å². The number of nitro benzene ring substituents is 1. The molecule has 1 fully saturated rings. The lowest BCUT2D eigenvalue weighted by atomic mass is 10.2. The molecular weight excluding hydrogens is 272 g/mol. The van der Waals surface area contributed by atoms with E-state index < -0.39 is 4.92 Å². The number of aromatic hydroxyl groups is 1. The number of amides is 1. The number of carbonyl (C=O) groups is 1. The average molecular weight is 280 g/mol. The van der Waals surface area contributed by atoms with Gasteiger partial charge < -0.3 is 10.4 Å². The molecule has 0 atom stereocenters. The first-order valence-electron chi connectivity index (χ1n) is 5.07. The van der Waals surface area contributed by atoms with Crippen LogP contribution in [0.3, 0.4) is 0 Å². The van der Waals surface area contributed by atoms with Crippen LogP contribution in [0.5, 0.6) is 5.75 Å². The maximum absolute atomic E-state index is 10.9. The largest absolute Gasteiger partial charge is 0.508 e. The summed E-state index contributed by atoms with van der Waals surface area (Å²) in [6.07, 6.45) is 1.25. The van der Waals surface area contributed by atoms with Crippen LogP contribution in [0.25, 0.3) is 0 Å². The number of phenols is 1. The lowest BCUT2D eigenvalue weighted by Gasteiger charge is -1.96. The molecule has 0 aromatic heterocycles. The van der Waals surface area contributed by atoms with E-state index >= 15 is 0 Å². The number of hydrogen-bond acceptors (Lipinski definition) is 7. The van der Waals surface area contributed by atoms with Crippen LogP contribution in [-0.4, -0.2) is 33.1 Å². The molecule has 0 spiro atoms. The van der Waals surface area contributed by atoms with Crippen LogP contribution in [0.1, 0.15) is 5.56 Å². The number of amidine groups is 1. The lowest BCUT2D eigenvalue weighted by molar-refractivity contribution is -0.384. The fourth-order valence-electron chi connectivity index (χ4n) is 1.33. The van der Waals surface area contributed by atoms with Gasteiger partial charge in [0.15, 0.2) is 5.17 Å². The number of nitrogens with one attached hydrogen (secondary N) is 1. The highest BCUT2D eigenvalue weighted by Gasteiger charge is 2.16. The number of nitro groups is 1. The molecule has 1 saturated heterocycles. The summed E-state index contributed by atoms with van der Waals surface area (Å²) in [6, 6.07) is 3.61. The highest BCUT2D eigenvalue weighted by molar-refractivity contribution is 8.15. The first-order valence-corrected chi connectivity index (χ1v) is 6.05. The maximum Gasteiger partial charge on any atom is 0.273 e. The molecule has 0 bridgehead atoms. The Morgan fingerprint density at radius 1 is 1.47 bits per heavy atom. The zero-order chi connectivity index (χ0) is 13.8. The molecule has 0 unspecified atom stereocenters. The fraction of sp³-hybridized carbons (Fsp3) is 0.100. The first-order chi connectivity index (χ1) is 9.04. The maximum atomic E-state index is 10.9. The third kappa shape index (κ3) is 3.52. The minimum Gasteiger partial charge on any atom is -0.508 e. The topological polar surface area (TPSA) is 117 Å². The number of nitrogens with zero attached hydrogens (tertiary/aromatic N) is 3. The van der Waals surface area contributed by atoms with Gasteiger partial charge in [0.25, 0.3) is 5.69 Å². The normalized spacial score (nSPS) is 17.1. The standard InChI is InChI=1S/C10H8N4O4S/c15-8-2-6(1-7(3-8)14(17)18)4-11-13-10-12-9(16)5-19-10/h1-4,15H,5H2,(H,12,13,16). The molecule has 1 aliphatic heterocycles. The summed E-state index contributed by atoms with van der Waals surface area (Å²) in [5.74, 6) is -0.0786. The van der Waals surface area contributed by atoms with E-state index in [1.165, 1.54) is 30.1 Å². The van der Waals surface area contributed by atoms with Gasteiger partial charge in [0.05, 0.1) is 23.0 Å². The van der Waals surface area contributed by atoms with Gasteiger partial charge in [-0.3, -0.25) is 14.9 Å². The Hall–Kier alpha value is -2.42. The highest BCUT2D eigenvalue weighted by Crippen LogP contribution is 2.20. The van der Waals surface area contributed by atoms with E-state index in [0.717, 1.165) is 6.07 Å². The van der Waals surface area contributed by atoms with Gasteiger partial charge in [-0.1, -0.05) is 11.8 Å². The number of benzene rings is 1. The van der Waals surface area contributed by atoms with E-state index in [1.54, 1.807) is 0 Å². The van der Waals surface area contributed by atoms with Crippen molar-refractivity contribution in [1.82, 2.24) is 5.32 Å². The van der Waals surface area contributed by atoms with Crippen molar-refractivity contribution in [2.45, 2.75) is 0 Å². The Morgan fingerprint density at radius 3 is 2.89 bits per heavy atom. The monoisotopic (exact) mass is 280 g/mol. The molecule has 0 aliphatic carbocycles. The molecule has 1 aromatic rings. The van der Waals surface area contributed by atoms with Crippen LogP contribution in [0.2, 0.25) is 0 Å². The Balaban J connectivity index is 2.14. The number of hydrogen-bond donors (Lipinski definition) is 2. The van der Waals surface area contributed by atoms with Crippen molar-refractivity contribution in [3.63, 3.8) is 0 Å². The smallest absolute Gasteiger partial charge is 0.273 e. The van der Waals surface area contributed by atoms with Crippen molar-refractivity contribution in [3.8, 4) is 5.75 Å². The molecule has 2 N–H and O–H groups in total. The third-order valence-electron chi connectivity index (χ3n) is 2.08. The number of rotatable bonds is 3. The number of phenolic OH excluding ortho intramolecular Hbond substituents is 1. The minimum absolute atomic E-state index is 0.146. The molecular formula is C10H8N4O4S. The number of non-ortho nitro benzene ring substituents is 1. The molecule has 0 radical (unpaired) electrons. The predicted octanol–water partition coefficient (Wildman–Crippen LogP) is 0.853. The Labute approximate surface area is 111 Å². The number of carbonyl (C=O) groups excluding carboxylic acids is 1. The average Bonchev–Trinajstić information content (AvgIpc) is 2.74. The van der Waals surface area contributed by atoms with E-state index in [0.29, 0.717) is 16.5 Å². The molecule has 1 amide bonds. The van der Waals surface area contributed by atoms with E-state index in [2.05, 4.69) is 15.5 Å². The van der Waals surface area contributed by atoms with E-state index in [4.69, 9.17) is 0 Å². The second-order valence-corrected chi connectivity index (χ2v) is 4.49. The molecule has 1 heterocycles. The lowest BCUT2D eigenvalue weighted by Crippen LogP contribution is -2.19. The summed E-state index contributed by atoms with van der Waals surface area (Å²) >= 11 is 1.21. The van der Waals surface area contributed by atoms with Crippen LogP contribution in [0.15, 0.2) is 28.4 Å². The summed E-state index contributed by atoms with van der Waals surface area (Å²) < 4.78 is 0. The highest BCUT2D eigenvalue weighted by atomic mass is 32.2. The van der Waals surface area contributed by atoms with E-state index in [-0.39, 0.29) is 17.3 Å². The summed E-state index contributed by atoms with van der Waals surface area (Å²) in [5.41, 5.74) is 0.100. The van der Waals surface area contributed by atoms with Crippen LogP contribution >= 0.6 is 11.8 Å². The molecule has 19 heavy (non-hydrogen) atoms. The summed E-state index contributed by atoms with van der Waals surface area (Å²) in [6.45, 7) is 0. The van der Waals surface area contributed by atoms with E-state index in [9.17, 15) is 20.0 Å². The second-order valence-electron chi connectivity index (χ2n) is 3.53. The van der Waals surface area contributed by atoms with Crippen LogP contribution in [0, 0.1) is 10.1 Å². The molecule has 2 rings (SSSR count). The van der Waals surface area contributed by atoms with Crippen molar-refractivity contribution in [2.75, 3.05) is 5.75 Å². The van der Waals surface area contributed by atoms with Gasteiger partial charge >= 0.3 is 0 Å². The zero-order valence-electron chi connectivity index (χ0n) is 9.44. The van der Waals surface area contributed by atoms with Gasteiger partial charge in [0.2, 0.25) is 5.91 Å². The Morgan fingerprint density at radius 2 is 2.26 bits per heavy atom. The van der Waals surface area contributed by atoms with Gasteiger partial charge in [-0.15, -0.1) is 5.10 Å². The van der Waals surface area contributed by atoms with Gasteiger partial charge in [-0.25, -0.2) is 0 Å². The molecule has 98 valence electrons. The summed E-state index contributed by atoms with van der Waals surface area (Å²) in [5, 5.41) is 30.2.